The zero-order valence-corrected chi connectivity index (χ0v) is 10.3. The van der Waals surface area contributed by atoms with Crippen LogP contribution in [-0.4, -0.2) is 19.1 Å². The molecule has 0 N–H and O–H groups in total. The van der Waals surface area contributed by atoms with Crippen molar-refractivity contribution in [2.75, 3.05) is 19.1 Å². The second kappa shape index (κ2) is 5.17. The molecule has 0 amide bonds. The van der Waals surface area contributed by atoms with Crippen molar-refractivity contribution >= 4 is 11.6 Å². The summed E-state index contributed by atoms with van der Waals surface area (Å²) in [6.07, 6.45) is 1.65. The van der Waals surface area contributed by atoms with Crippen molar-refractivity contribution in [3.63, 3.8) is 0 Å². The Morgan fingerprint density at radius 1 is 1.19 bits per heavy atom. The summed E-state index contributed by atoms with van der Waals surface area (Å²) >= 11 is 5.85. The van der Waals surface area contributed by atoms with E-state index in [1.54, 1.807) is 0 Å². The maximum absolute atomic E-state index is 5.85. The second-order valence-electron chi connectivity index (χ2n) is 4.11. The van der Waals surface area contributed by atoms with Crippen molar-refractivity contribution in [2.45, 2.75) is 25.6 Å². The average molecular weight is 241 g/mol. The number of hydrogen-bond acceptors (Lipinski definition) is 2. The van der Waals surface area contributed by atoms with Gasteiger partial charge in [0.1, 0.15) is 0 Å². The summed E-state index contributed by atoms with van der Waals surface area (Å²) in [5.41, 5.74) is 2.30. The predicted molar refractivity (Wildman–Crippen MR) is 64.7 cm³/mol. The van der Waals surface area contributed by atoms with Crippen molar-refractivity contribution in [3.8, 4) is 0 Å². The van der Waals surface area contributed by atoms with Crippen LogP contribution in [0.4, 0.5) is 0 Å². The van der Waals surface area contributed by atoms with Gasteiger partial charge in [0, 0.05) is 17.9 Å². The van der Waals surface area contributed by atoms with Crippen LogP contribution in [0.5, 0.6) is 0 Å². The lowest BCUT2D eigenvalue weighted by Gasteiger charge is -2.37. The molecule has 2 rings (SSSR count). The van der Waals surface area contributed by atoms with Gasteiger partial charge in [0.15, 0.2) is 5.79 Å². The third kappa shape index (κ3) is 2.40. The van der Waals surface area contributed by atoms with Gasteiger partial charge >= 0.3 is 0 Å². The zero-order chi connectivity index (χ0) is 11.4. The Morgan fingerprint density at radius 2 is 1.81 bits per heavy atom. The largest absolute Gasteiger partial charge is 0.346 e. The summed E-state index contributed by atoms with van der Waals surface area (Å²) in [5.74, 6) is -0.0818. The van der Waals surface area contributed by atoms with E-state index in [0.717, 1.165) is 25.2 Å². The number of rotatable bonds is 3. The summed E-state index contributed by atoms with van der Waals surface area (Å²) < 4.78 is 11.7. The minimum Gasteiger partial charge on any atom is -0.346 e. The highest BCUT2D eigenvalue weighted by molar-refractivity contribution is 6.17. The van der Waals surface area contributed by atoms with Crippen LogP contribution in [0.15, 0.2) is 24.3 Å². The van der Waals surface area contributed by atoms with E-state index in [1.807, 2.05) is 0 Å². The highest BCUT2D eigenvalue weighted by Crippen LogP contribution is 2.34. The van der Waals surface area contributed by atoms with Crippen LogP contribution in [0.2, 0.25) is 0 Å². The molecule has 1 aromatic rings. The van der Waals surface area contributed by atoms with E-state index >= 15 is 0 Å². The van der Waals surface area contributed by atoms with Crippen molar-refractivity contribution in [1.82, 2.24) is 0 Å². The summed E-state index contributed by atoms with van der Waals surface area (Å²) in [6.45, 7) is 3.55. The Morgan fingerprint density at radius 3 is 2.38 bits per heavy atom. The smallest absolute Gasteiger partial charge is 0.195 e. The molecule has 0 bridgehead atoms. The molecule has 16 heavy (non-hydrogen) atoms. The number of benzene rings is 1. The van der Waals surface area contributed by atoms with Gasteiger partial charge in [0.05, 0.1) is 13.2 Å². The summed E-state index contributed by atoms with van der Waals surface area (Å²) in [6, 6.07) is 8.28. The number of hydrogen-bond donors (Lipinski definition) is 0. The summed E-state index contributed by atoms with van der Waals surface area (Å²) in [4.78, 5) is 0. The molecule has 0 radical (unpaired) electrons. The molecule has 2 nitrogen and oxygen atoms in total. The molecule has 1 aliphatic rings. The minimum atomic E-state index is -0.617. The van der Waals surface area contributed by atoms with Gasteiger partial charge < -0.3 is 9.47 Å². The van der Waals surface area contributed by atoms with Gasteiger partial charge in [-0.05, 0) is 13.3 Å². The van der Waals surface area contributed by atoms with Gasteiger partial charge in [-0.3, -0.25) is 0 Å². The maximum atomic E-state index is 5.85. The summed E-state index contributed by atoms with van der Waals surface area (Å²) in [7, 11) is 0. The molecule has 0 aliphatic carbocycles. The zero-order valence-electron chi connectivity index (χ0n) is 9.54. The van der Waals surface area contributed by atoms with Crippen LogP contribution in [0.25, 0.3) is 0 Å². The van der Waals surface area contributed by atoms with E-state index in [-0.39, 0.29) is 0 Å². The third-order valence-corrected chi connectivity index (χ3v) is 3.06. The fraction of sp³-hybridized carbons (Fsp3) is 0.538. The number of aryl methyl sites for hydroxylation is 1. The predicted octanol–water partition coefficient (Wildman–Crippen LogP) is 3.21. The lowest BCUT2D eigenvalue weighted by molar-refractivity contribution is -0.277. The monoisotopic (exact) mass is 240 g/mol. The Labute approximate surface area is 102 Å². The molecule has 3 heteroatoms. The Kier molecular flexibility index (Phi) is 3.85. The number of ether oxygens (including phenoxy) is 2. The molecule has 0 saturated carbocycles. The van der Waals surface area contributed by atoms with Crippen LogP contribution < -0.4 is 0 Å². The van der Waals surface area contributed by atoms with E-state index in [9.17, 15) is 0 Å². The third-order valence-electron chi connectivity index (χ3n) is 2.87. The highest BCUT2D eigenvalue weighted by Gasteiger charge is 2.35. The number of alkyl halides is 1. The van der Waals surface area contributed by atoms with Gasteiger partial charge in [0.25, 0.3) is 0 Å². The SMILES string of the molecule is Cc1ccc(C2(CCCl)OCCCO2)cc1. The topological polar surface area (TPSA) is 18.5 Å². The van der Waals surface area contributed by atoms with E-state index in [1.165, 1.54) is 5.56 Å². The molecule has 1 aliphatic heterocycles. The fourth-order valence-electron chi connectivity index (χ4n) is 1.96. The van der Waals surface area contributed by atoms with Crippen LogP contribution >= 0.6 is 11.6 Å². The van der Waals surface area contributed by atoms with E-state index in [0.29, 0.717) is 12.3 Å². The first kappa shape index (κ1) is 11.9. The van der Waals surface area contributed by atoms with Crippen LogP contribution in [-0.2, 0) is 15.3 Å². The fourth-order valence-corrected chi connectivity index (χ4v) is 2.21. The molecule has 1 heterocycles. The first-order chi connectivity index (χ1) is 7.77. The molecule has 1 aromatic carbocycles. The molecule has 0 unspecified atom stereocenters. The second-order valence-corrected chi connectivity index (χ2v) is 4.49. The first-order valence-electron chi connectivity index (χ1n) is 5.68. The number of halogens is 1. The van der Waals surface area contributed by atoms with Gasteiger partial charge in [-0.1, -0.05) is 29.8 Å². The lowest BCUT2D eigenvalue weighted by Crippen LogP contribution is -2.38. The molecule has 0 spiro atoms. The van der Waals surface area contributed by atoms with Gasteiger partial charge in [-0.25, -0.2) is 0 Å². The van der Waals surface area contributed by atoms with Gasteiger partial charge in [-0.15, -0.1) is 11.6 Å². The minimum absolute atomic E-state index is 0.536. The molecule has 0 atom stereocenters. The normalized spacial score (nSPS) is 19.6. The molecular formula is C13H17ClO2. The van der Waals surface area contributed by atoms with Crippen molar-refractivity contribution in [2.24, 2.45) is 0 Å². The molecule has 1 saturated heterocycles. The maximum Gasteiger partial charge on any atom is 0.195 e. The van der Waals surface area contributed by atoms with Crippen LogP contribution in [0.1, 0.15) is 24.0 Å². The molecule has 1 fully saturated rings. The standard InChI is InChI=1S/C13H17ClO2/c1-11-3-5-12(6-4-11)13(7-8-14)15-9-2-10-16-13/h3-6H,2,7-10H2,1H3. The van der Waals surface area contributed by atoms with Crippen LogP contribution in [0.3, 0.4) is 0 Å². The molecule has 0 aromatic heterocycles. The van der Waals surface area contributed by atoms with Crippen molar-refractivity contribution in [3.05, 3.63) is 35.4 Å². The van der Waals surface area contributed by atoms with E-state index in [2.05, 4.69) is 31.2 Å². The molecular weight excluding hydrogens is 224 g/mol. The first-order valence-corrected chi connectivity index (χ1v) is 6.21. The van der Waals surface area contributed by atoms with Crippen molar-refractivity contribution < 1.29 is 9.47 Å². The lowest BCUT2D eigenvalue weighted by atomic mass is 10.0. The Balaban J connectivity index is 2.26. The highest BCUT2D eigenvalue weighted by atomic mass is 35.5. The van der Waals surface area contributed by atoms with Crippen LogP contribution in [0, 0.1) is 6.92 Å². The Bertz CT molecular complexity index is 323. The van der Waals surface area contributed by atoms with E-state index < -0.39 is 5.79 Å². The van der Waals surface area contributed by atoms with Gasteiger partial charge in [-0.2, -0.15) is 0 Å². The Hall–Kier alpha value is -0.570. The van der Waals surface area contributed by atoms with E-state index in [4.69, 9.17) is 21.1 Å². The quantitative estimate of drug-likeness (QED) is 0.756. The average Bonchev–Trinajstić information content (AvgIpc) is 2.31. The van der Waals surface area contributed by atoms with Crippen molar-refractivity contribution in [1.29, 1.82) is 0 Å². The summed E-state index contributed by atoms with van der Waals surface area (Å²) in [5, 5.41) is 0. The molecule has 88 valence electrons. The van der Waals surface area contributed by atoms with Gasteiger partial charge in [0.2, 0.25) is 0 Å².